The summed E-state index contributed by atoms with van der Waals surface area (Å²) in [5.74, 6) is 0.865. The van der Waals surface area contributed by atoms with E-state index in [0.717, 1.165) is 24.5 Å². The summed E-state index contributed by atoms with van der Waals surface area (Å²) in [6.07, 6.45) is 6.51. The molecule has 2 aromatic rings. The van der Waals surface area contributed by atoms with Crippen LogP contribution in [0.15, 0.2) is 47.1 Å². The lowest BCUT2D eigenvalue weighted by molar-refractivity contribution is -0.116. The molecule has 0 saturated carbocycles. The number of carbonyl (C=O) groups is 1. The second-order valence-corrected chi connectivity index (χ2v) is 5.73. The minimum atomic E-state index is 0.0206. The molecular formula is C18H22N2O2. The van der Waals surface area contributed by atoms with Crippen LogP contribution in [0, 0.1) is 0 Å². The smallest absolute Gasteiger partial charge is 0.224 e. The normalized spacial score (nSPS) is 14.8. The van der Waals surface area contributed by atoms with Crippen molar-refractivity contribution in [2.24, 2.45) is 0 Å². The highest BCUT2D eigenvalue weighted by atomic mass is 16.3. The molecule has 1 amide bonds. The van der Waals surface area contributed by atoms with Crippen molar-refractivity contribution in [2.45, 2.75) is 32.1 Å². The molecule has 116 valence electrons. The van der Waals surface area contributed by atoms with E-state index in [-0.39, 0.29) is 5.91 Å². The third kappa shape index (κ3) is 3.91. The first kappa shape index (κ1) is 14.7. The van der Waals surface area contributed by atoms with Crippen LogP contribution in [0.25, 0.3) is 0 Å². The molecule has 1 aromatic heterocycles. The van der Waals surface area contributed by atoms with E-state index in [1.165, 1.54) is 24.9 Å². The highest BCUT2D eigenvalue weighted by molar-refractivity contribution is 5.91. The molecule has 0 unspecified atom stereocenters. The molecule has 0 atom stereocenters. The number of nitrogens with zero attached hydrogens (tertiary/aromatic N) is 1. The summed E-state index contributed by atoms with van der Waals surface area (Å²) in [4.78, 5) is 14.4. The Hall–Kier alpha value is -2.23. The highest BCUT2D eigenvalue weighted by Crippen LogP contribution is 2.23. The van der Waals surface area contributed by atoms with E-state index in [1.54, 1.807) is 6.26 Å². The molecular weight excluding hydrogens is 276 g/mol. The van der Waals surface area contributed by atoms with Crippen molar-refractivity contribution in [2.75, 3.05) is 23.3 Å². The fourth-order valence-corrected chi connectivity index (χ4v) is 2.85. The summed E-state index contributed by atoms with van der Waals surface area (Å²) in [5.41, 5.74) is 2.07. The van der Waals surface area contributed by atoms with Crippen LogP contribution in [-0.4, -0.2) is 19.0 Å². The number of rotatable bonds is 5. The number of piperidine rings is 1. The maximum atomic E-state index is 12.0. The number of hydrogen-bond acceptors (Lipinski definition) is 3. The number of hydrogen-bond donors (Lipinski definition) is 1. The van der Waals surface area contributed by atoms with E-state index in [0.29, 0.717) is 12.8 Å². The second kappa shape index (κ2) is 7.16. The molecule has 4 nitrogen and oxygen atoms in total. The van der Waals surface area contributed by atoms with Crippen LogP contribution < -0.4 is 10.2 Å². The average Bonchev–Trinajstić information content (AvgIpc) is 3.08. The molecule has 1 aliphatic rings. The van der Waals surface area contributed by atoms with Crippen molar-refractivity contribution in [3.8, 4) is 0 Å². The standard InChI is InChI=1S/C18H22N2O2/c21-18(10-9-17-8-5-13-22-17)19-15-6-4-7-16(14-15)20-11-2-1-3-12-20/h4-8,13-14H,1-3,9-12H2,(H,19,21). The van der Waals surface area contributed by atoms with E-state index in [2.05, 4.69) is 22.3 Å². The molecule has 0 bridgehead atoms. The van der Waals surface area contributed by atoms with Crippen LogP contribution in [0.3, 0.4) is 0 Å². The zero-order chi connectivity index (χ0) is 15.2. The summed E-state index contributed by atoms with van der Waals surface area (Å²) < 4.78 is 5.25. The predicted molar refractivity (Wildman–Crippen MR) is 88.2 cm³/mol. The number of nitrogens with one attached hydrogen (secondary N) is 1. The summed E-state index contributed by atoms with van der Waals surface area (Å²) in [6.45, 7) is 2.21. The lowest BCUT2D eigenvalue weighted by atomic mass is 10.1. The Morgan fingerprint density at radius 1 is 1.14 bits per heavy atom. The Balaban J connectivity index is 1.56. The third-order valence-electron chi connectivity index (χ3n) is 4.03. The Labute approximate surface area is 131 Å². The predicted octanol–water partition coefficient (Wildman–Crippen LogP) is 3.84. The fraction of sp³-hybridized carbons (Fsp3) is 0.389. The second-order valence-electron chi connectivity index (χ2n) is 5.73. The first-order chi connectivity index (χ1) is 10.8. The van der Waals surface area contributed by atoms with Gasteiger partial charge < -0.3 is 14.6 Å². The van der Waals surface area contributed by atoms with Crippen molar-refractivity contribution in [1.82, 2.24) is 0 Å². The molecule has 0 spiro atoms. The molecule has 0 radical (unpaired) electrons. The lowest BCUT2D eigenvalue weighted by Gasteiger charge is -2.29. The van der Waals surface area contributed by atoms with Gasteiger partial charge in [0.15, 0.2) is 0 Å². The van der Waals surface area contributed by atoms with Crippen LogP contribution >= 0.6 is 0 Å². The van der Waals surface area contributed by atoms with E-state index in [9.17, 15) is 4.79 Å². The van der Waals surface area contributed by atoms with E-state index < -0.39 is 0 Å². The first-order valence-corrected chi connectivity index (χ1v) is 7.98. The number of aryl methyl sites for hydroxylation is 1. The van der Waals surface area contributed by atoms with Crippen LogP contribution in [0.1, 0.15) is 31.4 Å². The van der Waals surface area contributed by atoms with Gasteiger partial charge in [0, 0.05) is 37.3 Å². The Morgan fingerprint density at radius 3 is 2.77 bits per heavy atom. The zero-order valence-corrected chi connectivity index (χ0v) is 12.8. The van der Waals surface area contributed by atoms with Gasteiger partial charge in [-0.15, -0.1) is 0 Å². The summed E-state index contributed by atoms with van der Waals surface area (Å²) in [6, 6.07) is 11.9. The minimum absolute atomic E-state index is 0.0206. The number of benzene rings is 1. The van der Waals surface area contributed by atoms with Gasteiger partial charge in [0.2, 0.25) is 5.91 Å². The van der Waals surface area contributed by atoms with E-state index in [1.807, 2.05) is 24.3 Å². The number of anilines is 2. The van der Waals surface area contributed by atoms with Crippen LogP contribution in [0.2, 0.25) is 0 Å². The molecule has 1 N–H and O–H groups in total. The van der Waals surface area contributed by atoms with E-state index >= 15 is 0 Å². The molecule has 2 heterocycles. The van der Waals surface area contributed by atoms with Crippen LogP contribution in [0.4, 0.5) is 11.4 Å². The lowest BCUT2D eigenvalue weighted by Crippen LogP contribution is -2.29. The quantitative estimate of drug-likeness (QED) is 0.912. The topological polar surface area (TPSA) is 45.5 Å². The Kier molecular flexibility index (Phi) is 4.78. The maximum Gasteiger partial charge on any atom is 0.224 e. The summed E-state index contributed by atoms with van der Waals surface area (Å²) >= 11 is 0. The Morgan fingerprint density at radius 2 is 2.00 bits per heavy atom. The van der Waals surface area contributed by atoms with Gasteiger partial charge in [-0.2, -0.15) is 0 Å². The summed E-state index contributed by atoms with van der Waals surface area (Å²) in [5, 5.41) is 2.98. The van der Waals surface area contributed by atoms with Crippen molar-refractivity contribution >= 4 is 17.3 Å². The van der Waals surface area contributed by atoms with Gasteiger partial charge in [-0.3, -0.25) is 4.79 Å². The SMILES string of the molecule is O=C(CCc1ccco1)Nc1cccc(N2CCCCC2)c1. The Bertz CT molecular complexity index is 601. The number of furan rings is 1. The van der Waals surface area contributed by atoms with Gasteiger partial charge in [0.25, 0.3) is 0 Å². The van der Waals surface area contributed by atoms with Gasteiger partial charge in [0.05, 0.1) is 6.26 Å². The molecule has 1 aliphatic heterocycles. The van der Waals surface area contributed by atoms with Gasteiger partial charge in [-0.1, -0.05) is 6.07 Å². The van der Waals surface area contributed by atoms with Gasteiger partial charge in [-0.05, 0) is 49.6 Å². The molecule has 1 aromatic carbocycles. The van der Waals surface area contributed by atoms with Gasteiger partial charge in [-0.25, -0.2) is 0 Å². The molecule has 22 heavy (non-hydrogen) atoms. The van der Waals surface area contributed by atoms with Crippen molar-refractivity contribution in [3.05, 3.63) is 48.4 Å². The van der Waals surface area contributed by atoms with Crippen LogP contribution in [0.5, 0.6) is 0 Å². The molecule has 4 heteroatoms. The largest absolute Gasteiger partial charge is 0.469 e. The van der Waals surface area contributed by atoms with Crippen molar-refractivity contribution in [3.63, 3.8) is 0 Å². The highest BCUT2D eigenvalue weighted by Gasteiger charge is 2.11. The number of carbonyl (C=O) groups excluding carboxylic acids is 1. The van der Waals surface area contributed by atoms with Gasteiger partial charge >= 0.3 is 0 Å². The minimum Gasteiger partial charge on any atom is -0.469 e. The van der Waals surface area contributed by atoms with Crippen LogP contribution in [-0.2, 0) is 11.2 Å². The average molecular weight is 298 g/mol. The third-order valence-corrected chi connectivity index (χ3v) is 4.03. The van der Waals surface area contributed by atoms with E-state index in [4.69, 9.17) is 4.42 Å². The molecule has 0 aliphatic carbocycles. The fourth-order valence-electron chi connectivity index (χ4n) is 2.85. The maximum absolute atomic E-state index is 12.0. The summed E-state index contributed by atoms with van der Waals surface area (Å²) in [7, 11) is 0. The van der Waals surface area contributed by atoms with Crippen molar-refractivity contribution < 1.29 is 9.21 Å². The zero-order valence-electron chi connectivity index (χ0n) is 12.8. The number of amides is 1. The van der Waals surface area contributed by atoms with Crippen molar-refractivity contribution in [1.29, 1.82) is 0 Å². The molecule has 1 saturated heterocycles. The molecule has 3 rings (SSSR count). The first-order valence-electron chi connectivity index (χ1n) is 7.98. The monoisotopic (exact) mass is 298 g/mol. The van der Waals surface area contributed by atoms with Gasteiger partial charge in [0.1, 0.15) is 5.76 Å². The molecule has 1 fully saturated rings.